The summed E-state index contributed by atoms with van der Waals surface area (Å²) in [6.45, 7) is 1.43. The summed E-state index contributed by atoms with van der Waals surface area (Å²) < 4.78 is 41.5. The molecule has 0 unspecified atom stereocenters. The monoisotopic (exact) mass is 507 g/mol. The number of nitrogens with zero attached hydrogens (tertiary/aromatic N) is 4. The average Bonchev–Trinajstić information content (AvgIpc) is 3.33. The smallest absolute Gasteiger partial charge is 0.252 e. The van der Waals surface area contributed by atoms with Gasteiger partial charge in [0.1, 0.15) is 11.6 Å². The number of benzene rings is 2. The van der Waals surface area contributed by atoms with Gasteiger partial charge in [-0.05, 0) is 48.6 Å². The summed E-state index contributed by atoms with van der Waals surface area (Å²) in [4.78, 5) is 22.2. The molecule has 1 aliphatic heterocycles. The third-order valence-corrected chi connectivity index (χ3v) is 6.62. The summed E-state index contributed by atoms with van der Waals surface area (Å²) in [6, 6.07) is 6.44. The van der Waals surface area contributed by atoms with E-state index in [2.05, 4.69) is 20.4 Å². The third kappa shape index (κ3) is 5.43. The standard InChI is InChI=1S/C27H27F2N5O3/c1-34-15-19(13-31-34)26(17-3-4-24(36-2)22(29)10-17)33-27(35)18-11-21(28)20-14-30-25(32-23(20)12-18)9-16-5-7-37-8-6-16/h3-4,10-16,26H,5-9H2,1-2H3,(H,33,35)/t26-/m1/s1. The number of carbonyl (C=O) groups excluding carboxylic acids is 1. The Morgan fingerprint density at radius 2 is 1.97 bits per heavy atom. The number of rotatable bonds is 7. The molecule has 192 valence electrons. The summed E-state index contributed by atoms with van der Waals surface area (Å²) in [5.74, 6) is -0.573. The van der Waals surface area contributed by atoms with E-state index < -0.39 is 23.6 Å². The van der Waals surface area contributed by atoms with Crippen molar-refractivity contribution in [2.24, 2.45) is 13.0 Å². The summed E-state index contributed by atoms with van der Waals surface area (Å²) in [7, 11) is 3.12. The molecule has 1 saturated heterocycles. The maximum absolute atomic E-state index is 15.0. The number of carbonyl (C=O) groups is 1. The number of aryl methyl sites for hydroxylation is 1. The van der Waals surface area contributed by atoms with Crippen molar-refractivity contribution >= 4 is 16.8 Å². The second-order valence-corrected chi connectivity index (χ2v) is 9.18. The lowest BCUT2D eigenvalue weighted by molar-refractivity contribution is 0.0660. The molecule has 2 aromatic carbocycles. The first-order chi connectivity index (χ1) is 17.9. The van der Waals surface area contributed by atoms with Gasteiger partial charge in [0.15, 0.2) is 11.6 Å². The van der Waals surface area contributed by atoms with Gasteiger partial charge in [-0.2, -0.15) is 5.10 Å². The van der Waals surface area contributed by atoms with Crippen molar-refractivity contribution in [2.75, 3.05) is 20.3 Å². The lowest BCUT2D eigenvalue weighted by Crippen LogP contribution is -2.29. The van der Waals surface area contributed by atoms with Crippen LogP contribution in [0.2, 0.25) is 0 Å². The number of ether oxygens (including phenoxy) is 2. The molecule has 1 N–H and O–H groups in total. The molecule has 2 aromatic heterocycles. The first-order valence-electron chi connectivity index (χ1n) is 12.1. The van der Waals surface area contributed by atoms with E-state index in [0.717, 1.165) is 18.9 Å². The highest BCUT2D eigenvalue weighted by atomic mass is 19.1. The van der Waals surface area contributed by atoms with Crippen LogP contribution in [0.1, 0.15) is 46.2 Å². The third-order valence-electron chi connectivity index (χ3n) is 6.62. The fraction of sp³-hybridized carbons (Fsp3) is 0.333. The Hall–Kier alpha value is -3.92. The molecular weight excluding hydrogens is 480 g/mol. The molecule has 0 aliphatic carbocycles. The van der Waals surface area contributed by atoms with Gasteiger partial charge in [-0.3, -0.25) is 9.48 Å². The van der Waals surface area contributed by atoms with Crippen LogP contribution < -0.4 is 10.1 Å². The van der Waals surface area contributed by atoms with Crippen LogP contribution in [0.25, 0.3) is 10.9 Å². The Balaban J connectivity index is 1.44. The molecule has 3 heterocycles. The van der Waals surface area contributed by atoms with Gasteiger partial charge in [0.05, 0.1) is 30.3 Å². The molecule has 0 bridgehead atoms. The van der Waals surface area contributed by atoms with E-state index >= 15 is 0 Å². The van der Waals surface area contributed by atoms with Crippen molar-refractivity contribution < 1.29 is 23.0 Å². The van der Waals surface area contributed by atoms with Gasteiger partial charge >= 0.3 is 0 Å². The molecule has 1 fully saturated rings. The summed E-state index contributed by atoms with van der Waals surface area (Å²) in [5, 5.41) is 7.31. The van der Waals surface area contributed by atoms with Gasteiger partial charge in [-0.25, -0.2) is 18.7 Å². The van der Waals surface area contributed by atoms with Crippen LogP contribution in [-0.2, 0) is 18.2 Å². The van der Waals surface area contributed by atoms with Crippen molar-refractivity contribution in [3.8, 4) is 5.75 Å². The molecule has 5 rings (SSSR count). The number of fused-ring (bicyclic) bond motifs is 1. The van der Waals surface area contributed by atoms with Crippen LogP contribution in [-0.4, -0.2) is 46.0 Å². The average molecular weight is 508 g/mol. The molecule has 1 aliphatic rings. The van der Waals surface area contributed by atoms with Crippen molar-refractivity contribution in [1.82, 2.24) is 25.1 Å². The quantitative estimate of drug-likeness (QED) is 0.404. The van der Waals surface area contributed by atoms with Gasteiger partial charge in [-0.1, -0.05) is 6.07 Å². The molecule has 1 amide bonds. The van der Waals surface area contributed by atoms with E-state index in [4.69, 9.17) is 9.47 Å². The highest BCUT2D eigenvalue weighted by molar-refractivity contribution is 5.98. The normalized spacial score (nSPS) is 15.0. The zero-order valence-corrected chi connectivity index (χ0v) is 20.6. The highest BCUT2D eigenvalue weighted by Gasteiger charge is 2.22. The molecular formula is C27H27F2N5O3. The van der Waals surface area contributed by atoms with Crippen LogP contribution in [0.15, 0.2) is 48.9 Å². The van der Waals surface area contributed by atoms with E-state index in [0.29, 0.717) is 48.0 Å². The van der Waals surface area contributed by atoms with Crippen molar-refractivity contribution in [3.05, 3.63) is 83.1 Å². The zero-order chi connectivity index (χ0) is 25.9. The number of hydrogen-bond acceptors (Lipinski definition) is 6. The van der Waals surface area contributed by atoms with Crippen LogP contribution in [0, 0.1) is 17.6 Å². The summed E-state index contributed by atoms with van der Waals surface area (Å²) >= 11 is 0. The lowest BCUT2D eigenvalue weighted by Gasteiger charge is -2.21. The molecule has 4 aromatic rings. The SMILES string of the molecule is COc1ccc([C@@H](NC(=O)c2cc(F)c3cnc(CC4CCOCC4)nc3c2)c2cnn(C)c2)cc1F. The molecule has 8 nitrogen and oxygen atoms in total. The second-order valence-electron chi connectivity index (χ2n) is 9.18. The van der Waals surface area contributed by atoms with Gasteiger partial charge < -0.3 is 14.8 Å². The Morgan fingerprint density at radius 3 is 2.68 bits per heavy atom. The maximum atomic E-state index is 15.0. The number of methoxy groups -OCH3 is 1. The first kappa shape index (κ1) is 24.8. The lowest BCUT2D eigenvalue weighted by atomic mass is 9.96. The first-order valence-corrected chi connectivity index (χ1v) is 12.1. The van der Waals surface area contributed by atoms with Crippen LogP contribution in [0.3, 0.4) is 0 Å². The van der Waals surface area contributed by atoms with Crippen molar-refractivity contribution in [1.29, 1.82) is 0 Å². The fourth-order valence-corrected chi connectivity index (χ4v) is 4.59. The number of hydrogen-bond donors (Lipinski definition) is 1. The maximum Gasteiger partial charge on any atom is 0.252 e. The Kier molecular flexibility index (Phi) is 7.09. The van der Waals surface area contributed by atoms with Gasteiger partial charge in [0, 0.05) is 50.2 Å². The highest BCUT2D eigenvalue weighted by Crippen LogP contribution is 2.28. The van der Waals surface area contributed by atoms with E-state index in [9.17, 15) is 13.6 Å². The van der Waals surface area contributed by atoms with E-state index in [-0.39, 0.29) is 16.7 Å². The minimum absolute atomic E-state index is 0.0906. The second kappa shape index (κ2) is 10.6. The molecule has 0 radical (unpaired) electrons. The van der Waals surface area contributed by atoms with Crippen LogP contribution in [0.5, 0.6) is 5.75 Å². The number of aromatic nitrogens is 4. The Labute approximate surface area is 212 Å². The largest absolute Gasteiger partial charge is 0.494 e. The zero-order valence-electron chi connectivity index (χ0n) is 20.6. The topological polar surface area (TPSA) is 91.2 Å². The predicted molar refractivity (Wildman–Crippen MR) is 132 cm³/mol. The van der Waals surface area contributed by atoms with Crippen LogP contribution >= 0.6 is 0 Å². The molecule has 0 spiro atoms. The molecule has 10 heteroatoms. The van der Waals surface area contributed by atoms with Crippen LogP contribution in [0.4, 0.5) is 8.78 Å². The number of nitrogens with one attached hydrogen (secondary N) is 1. The van der Waals surface area contributed by atoms with E-state index in [1.165, 1.54) is 25.4 Å². The number of amides is 1. The van der Waals surface area contributed by atoms with Gasteiger partial charge in [0.25, 0.3) is 5.91 Å². The summed E-state index contributed by atoms with van der Waals surface area (Å²) in [5.41, 5.74) is 1.59. The van der Waals surface area contributed by atoms with Gasteiger partial charge in [-0.15, -0.1) is 0 Å². The Morgan fingerprint density at radius 1 is 1.16 bits per heavy atom. The van der Waals surface area contributed by atoms with Crippen molar-refractivity contribution in [3.63, 3.8) is 0 Å². The van der Waals surface area contributed by atoms with Gasteiger partial charge in [0.2, 0.25) is 0 Å². The molecule has 37 heavy (non-hydrogen) atoms. The Bertz CT molecular complexity index is 1440. The minimum atomic E-state index is -0.727. The fourth-order valence-electron chi connectivity index (χ4n) is 4.59. The van der Waals surface area contributed by atoms with E-state index in [1.807, 2.05) is 0 Å². The molecule has 0 saturated carbocycles. The van der Waals surface area contributed by atoms with Crippen molar-refractivity contribution in [2.45, 2.75) is 25.3 Å². The van der Waals surface area contributed by atoms with E-state index in [1.54, 1.807) is 36.3 Å². The molecule has 1 atom stereocenters. The minimum Gasteiger partial charge on any atom is -0.494 e. The summed E-state index contributed by atoms with van der Waals surface area (Å²) in [6.07, 6.45) is 7.31. The number of halogens is 2. The predicted octanol–water partition coefficient (Wildman–Crippen LogP) is 4.14.